The molecule has 15 aromatic carbocycles. The zero-order valence-corrected chi connectivity index (χ0v) is 51.9. The molecule has 0 amide bonds. The lowest BCUT2D eigenvalue weighted by molar-refractivity contribution is 0.769. The zero-order valence-electron chi connectivity index (χ0n) is 51.9. The van der Waals surface area contributed by atoms with E-state index in [1.165, 1.54) is 121 Å². The van der Waals surface area contributed by atoms with Crippen molar-refractivity contribution in [3.8, 4) is 78.1 Å². The van der Waals surface area contributed by atoms with E-state index in [4.69, 9.17) is 0 Å². The van der Waals surface area contributed by atoms with Gasteiger partial charge in [-0.3, -0.25) is 0 Å². The maximum Gasteiger partial charge on any atom is 0.252 e. The Morgan fingerprint density at radius 3 is 1.39 bits per heavy atom. The Labute approximate surface area is 552 Å². The molecular formula is C91H58BN3. The van der Waals surface area contributed by atoms with Gasteiger partial charge in [-0.15, -0.1) is 0 Å². The second-order valence-corrected chi connectivity index (χ2v) is 25.8. The number of anilines is 3. The fourth-order valence-electron chi connectivity index (χ4n) is 17.0. The van der Waals surface area contributed by atoms with Crippen LogP contribution in [0, 0.1) is 0 Å². The lowest BCUT2D eigenvalue weighted by Gasteiger charge is -2.42. The first-order valence-electron chi connectivity index (χ1n) is 33.1. The molecule has 0 spiro atoms. The van der Waals surface area contributed by atoms with E-state index in [0.717, 1.165) is 56.1 Å². The second-order valence-electron chi connectivity index (χ2n) is 25.8. The van der Waals surface area contributed by atoms with Crippen LogP contribution in [-0.2, 0) is 5.41 Å². The van der Waals surface area contributed by atoms with Crippen LogP contribution in [0.4, 0.5) is 17.1 Å². The molecule has 0 atom stereocenters. The lowest BCUT2D eigenvalue weighted by Crippen LogP contribution is -2.60. The summed E-state index contributed by atoms with van der Waals surface area (Å²) >= 11 is 0. The van der Waals surface area contributed by atoms with Gasteiger partial charge in [0.05, 0.1) is 27.7 Å². The Balaban J connectivity index is 0.957. The maximum absolute atomic E-state index is 2.71. The first-order valence-corrected chi connectivity index (χ1v) is 33.1. The van der Waals surface area contributed by atoms with Crippen molar-refractivity contribution in [1.82, 2.24) is 9.13 Å². The van der Waals surface area contributed by atoms with E-state index in [-0.39, 0.29) is 6.71 Å². The number of rotatable bonds is 9. The van der Waals surface area contributed by atoms with E-state index in [0.29, 0.717) is 0 Å². The van der Waals surface area contributed by atoms with Crippen LogP contribution in [0.5, 0.6) is 0 Å². The Kier molecular flexibility index (Phi) is 11.8. The smallest absolute Gasteiger partial charge is 0.252 e. The summed E-state index contributed by atoms with van der Waals surface area (Å²) in [4.78, 5) is 2.71. The number of hydrogen-bond acceptors (Lipinski definition) is 1. The quantitative estimate of drug-likeness (QED) is 0.131. The van der Waals surface area contributed by atoms with Gasteiger partial charge in [-0.2, -0.15) is 0 Å². The summed E-state index contributed by atoms with van der Waals surface area (Å²) < 4.78 is 5.19. The number of fused-ring (bicyclic) bond motifs is 13. The molecule has 3 nitrogen and oxygen atoms in total. The topological polar surface area (TPSA) is 13.1 Å². The molecule has 0 saturated heterocycles. The third-order valence-electron chi connectivity index (χ3n) is 20.9. The molecule has 20 rings (SSSR count). The van der Waals surface area contributed by atoms with Crippen molar-refractivity contribution in [2.45, 2.75) is 5.41 Å². The minimum Gasteiger partial charge on any atom is -0.310 e. The van der Waals surface area contributed by atoms with Crippen molar-refractivity contribution in [2.24, 2.45) is 0 Å². The number of para-hydroxylation sites is 4. The molecule has 2 aromatic heterocycles. The van der Waals surface area contributed by atoms with Gasteiger partial charge in [-0.05, 0) is 161 Å². The summed E-state index contributed by atoms with van der Waals surface area (Å²) in [5.74, 6) is 0. The fourth-order valence-corrected chi connectivity index (χ4v) is 17.0. The van der Waals surface area contributed by atoms with Crippen molar-refractivity contribution in [1.29, 1.82) is 0 Å². The van der Waals surface area contributed by atoms with Gasteiger partial charge in [-0.1, -0.05) is 285 Å². The monoisotopic (exact) mass is 1200 g/mol. The summed E-state index contributed by atoms with van der Waals surface area (Å²) in [5, 5.41) is 4.90. The molecule has 0 fully saturated rings. The second kappa shape index (κ2) is 20.9. The van der Waals surface area contributed by atoms with Crippen LogP contribution in [0.25, 0.3) is 122 Å². The van der Waals surface area contributed by atoms with Crippen LogP contribution in [0.15, 0.2) is 352 Å². The average Bonchev–Trinajstić information content (AvgIpc) is 1.60. The van der Waals surface area contributed by atoms with Crippen molar-refractivity contribution in [3.05, 3.63) is 374 Å². The van der Waals surface area contributed by atoms with Gasteiger partial charge < -0.3 is 14.0 Å². The van der Waals surface area contributed by atoms with Crippen LogP contribution < -0.4 is 21.3 Å². The summed E-state index contributed by atoms with van der Waals surface area (Å²) in [7, 11) is 0. The van der Waals surface area contributed by atoms with E-state index < -0.39 is 5.41 Å². The molecule has 0 bridgehead atoms. The SMILES string of the molecule is c1ccc(-c2cccc(-c3cccc(-c4cccc(-c5ccccc5)c4)c3N3c4cc5c6ccccc6n(-c6ccccc6)c5cc4B4c5c3cc(-c3ccccc3)cc5-n3c5cc6c(cc5c5cccc4c53)-c3ccccc3C6(c3ccccc3)c3ccccc3)c2)cc1. The van der Waals surface area contributed by atoms with Gasteiger partial charge >= 0.3 is 0 Å². The zero-order chi connectivity index (χ0) is 62.3. The van der Waals surface area contributed by atoms with Crippen LogP contribution in [-0.4, -0.2) is 15.8 Å². The van der Waals surface area contributed by atoms with Gasteiger partial charge in [0, 0.05) is 60.9 Å². The molecule has 2 aliphatic heterocycles. The highest BCUT2D eigenvalue weighted by Gasteiger charge is 2.48. The number of nitrogens with zero attached hydrogens (tertiary/aromatic N) is 3. The minimum atomic E-state index is -0.598. The molecule has 0 radical (unpaired) electrons. The molecule has 95 heavy (non-hydrogen) atoms. The van der Waals surface area contributed by atoms with Gasteiger partial charge in [0.2, 0.25) is 0 Å². The average molecular weight is 1200 g/mol. The predicted molar refractivity (Wildman–Crippen MR) is 399 cm³/mol. The Hall–Kier alpha value is -12.2. The Bertz CT molecular complexity index is 5810. The summed E-state index contributed by atoms with van der Waals surface area (Å²) in [5.41, 5.74) is 32.9. The van der Waals surface area contributed by atoms with Crippen molar-refractivity contribution in [3.63, 3.8) is 0 Å². The van der Waals surface area contributed by atoms with Crippen molar-refractivity contribution >= 4 is 83.8 Å². The standard InChI is InChI=1S/C91H58BN3/c1-7-27-59(28-8-1)62-33-23-35-64(51-62)70-45-25-46-71(65-36-24-34-63(52-65)60-29-9-2-10-30-60)89(70)95-85-56-77-73-44-20-22-50-82(73)93(69-41-17-6-18-42-69)84(77)58-81(85)92-80-49-26-47-74-76-55-75-72-43-19-21-48-78(72)91(67-37-13-4-14-38-67,68-39-15-5-16-40-68)79(75)57-83(76)94(90(74)80)86-53-66(54-87(95)88(86)92)61-31-11-3-12-32-61/h1-58H. The van der Waals surface area contributed by atoms with Gasteiger partial charge in [0.15, 0.2) is 0 Å². The Morgan fingerprint density at radius 1 is 0.253 bits per heavy atom. The third kappa shape index (κ3) is 7.83. The maximum atomic E-state index is 2.71. The summed E-state index contributed by atoms with van der Waals surface area (Å²) in [6.45, 7) is -0.179. The van der Waals surface area contributed by atoms with Gasteiger partial charge in [-0.25, -0.2) is 0 Å². The Morgan fingerprint density at radius 2 is 0.737 bits per heavy atom. The van der Waals surface area contributed by atoms with E-state index in [2.05, 4.69) is 366 Å². The van der Waals surface area contributed by atoms with Gasteiger partial charge in [0.25, 0.3) is 6.71 Å². The van der Waals surface area contributed by atoms with E-state index in [9.17, 15) is 0 Å². The predicted octanol–water partition coefficient (Wildman–Crippen LogP) is 21.2. The molecule has 440 valence electrons. The highest BCUT2D eigenvalue weighted by atomic mass is 15.2. The fraction of sp³-hybridized carbons (Fsp3) is 0.0110. The van der Waals surface area contributed by atoms with Gasteiger partial charge in [0.1, 0.15) is 0 Å². The molecule has 17 aromatic rings. The highest BCUT2D eigenvalue weighted by Crippen LogP contribution is 2.58. The number of aromatic nitrogens is 2. The summed E-state index contributed by atoms with van der Waals surface area (Å²) in [6, 6.07) is 132. The van der Waals surface area contributed by atoms with Crippen LogP contribution in [0.3, 0.4) is 0 Å². The minimum absolute atomic E-state index is 0.179. The van der Waals surface area contributed by atoms with Crippen LogP contribution in [0.2, 0.25) is 0 Å². The van der Waals surface area contributed by atoms with E-state index in [1.807, 2.05) is 0 Å². The van der Waals surface area contributed by atoms with E-state index >= 15 is 0 Å². The van der Waals surface area contributed by atoms with Crippen LogP contribution >= 0.6 is 0 Å². The molecular weight excluding hydrogens is 1150 g/mol. The molecule has 1 aliphatic carbocycles. The summed E-state index contributed by atoms with van der Waals surface area (Å²) in [6.07, 6.45) is 0. The van der Waals surface area contributed by atoms with E-state index in [1.54, 1.807) is 0 Å². The molecule has 3 aliphatic rings. The number of hydrogen-bond donors (Lipinski definition) is 0. The van der Waals surface area contributed by atoms with Crippen molar-refractivity contribution < 1.29 is 0 Å². The molecule has 0 unspecified atom stereocenters. The first kappa shape index (κ1) is 53.4. The lowest BCUT2D eigenvalue weighted by atomic mass is 9.33. The molecule has 0 N–H and O–H groups in total. The number of benzene rings is 15. The normalized spacial score (nSPS) is 13.1. The third-order valence-corrected chi connectivity index (χ3v) is 20.9. The molecule has 4 heteroatoms. The first-order chi connectivity index (χ1) is 47.2. The highest BCUT2D eigenvalue weighted by molar-refractivity contribution is 7.00. The molecule has 4 heterocycles. The van der Waals surface area contributed by atoms with Crippen LogP contribution in [0.1, 0.15) is 22.3 Å². The van der Waals surface area contributed by atoms with Crippen molar-refractivity contribution in [2.75, 3.05) is 4.90 Å². The largest absolute Gasteiger partial charge is 0.310 e. The molecule has 0 saturated carbocycles.